The molecule has 2 rings (SSSR count). The van der Waals surface area contributed by atoms with E-state index in [0.717, 1.165) is 10.0 Å². The van der Waals surface area contributed by atoms with Gasteiger partial charge in [-0.3, -0.25) is 0 Å². The molecule has 2 aromatic carbocycles. The molecular formula is C15H14BrCl2NO. The van der Waals surface area contributed by atoms with Crippen LogP contribution >= 0.6 is 39.1 Å². The summed E-state index contributed by atoms with van der Waals surface area (Å²) in [4.78, 5) is 0. The van der Waals surface area contributed by atoms with Crippen LogP contribution in [-0.4, -0.2) is 6.04 Å². The van der Waals surface area contributed by atoms with Crippen molar-refractivity contribution in [2.75, 3.05) is 0 Å². The Morgan fingerprint density at radius 1 is 1.05 bits per heavy atom. The van der Waals surface area contributed by atoms with Gasteiger partial charge in [-0.1, -0.05) is 51.3 Å². The van der Waals surface area contributed by atoms with Gasteiger partial charge in [0.1, 0.15) is 11.9 Å². The molecule has 0 heterocycles. The molecule has 2 atom stereocenters. The zero-order chi connectivity index (χ0) is 14.7. The summed E-state index contributed by atoms with van der Waals surface area (Å²) in [5.41, 5.74) is 7.04. The van der Waals surface area contributed by atoms with Crippen molar-refractivity contribution < 1.29 is 4.74 Å². The standard InChI is InChI=1S/C15H14BrCl2NO/c1-9(19)15(10-2-4-11(16)5-3-10)20-12-6-7-13(17)14(18)8-12/h2-9,15H,19H2,1H3. The largest absolute Gasteiger partial charge is 0.484 e. The number of benzene rings is 2. The van der Waals surface area contributed by atoms with E-state index in [1.165, 1.54) is 0 Å². The van der Waals surface area contributed by atoms with Gasteiger partial charge < -0.3 is 10.5 Å². The van der Waals surface area contributed by atoms with Gasteiger partial charge >= 0.3 is 0 Å². The van der Waals surface area contributed by atoms with Gasteiger partial charge in [0.2, 0.25) is 0 Å². The second kappa shape index (κ2) is 6.81. The molecule has 0 bridgehead atoms. The van der Waals surface area contributed by atoms with Crippen molar-refractivity contribution in [2.45, 2.75) is 19.1 Å². The van der Waals surface area contributed by atoms with Gasteiger partial charge in [-0.05, 0) is 36.8 Å². The Morgan fingerprint density at radius 2 is 1.70 bits per heavy atom. The van der Waals surface area contributed by atoms with Crippen LogP contribution in [0, 0.1) is 0 Å². The van der Waals surface area contributed by atoms with E-state index in [9.17, 15) is 0 Å². The predicted molar refractivity (Wildman–Crippen MR) is 87.6 cm³/mol. The highest BCUT2D eigenvalue weighted by molar-refractivity contribution is 9.10. The van der Waals surface area contributed by atoms with Crippen LogP contribution in [0.4, 0.5) is 0 Å². The number of rotatable bonds is 4. The fourth-order valence-electron chi connectivity index (χ4n) is 1.83. The predicted octanol–water partition coefficient (Wildman–Crippen LogP) is 5.22. The second-order valence-electron chi connectivity index (χ2n) is 4.53. The third-order valence-corrected chi connectivity index (χ3v) is 4.10. The maximum atomic E-state index is 6.03. The van der Waals surface area contributed by atoms with Crippen molar-refractivity contribution in [2.24, 2.45) is 5.73 Å². The van der Waals surface area contributed by atoms with Crippen LogP contribution in [0.1, 0.15) is 18.6 Å². The molecule has 20 heavy (non-hydrogen) atoms. The third-order valence-electron chi connectivity index (χ3n) is 2.83. The summed E-state index contributed by atoms with van der Waals surface area (Å²) in [6.45, 7) is 1.91. The number of halogens is 3. The first kappa shape index (κ1) is 15.6. The molecule has 0 aliphatic heterocycles. The summed E-state index contributed by atoms with van der Waals surface area (Å²) in [5.74, 6) is 0.643. The monoisotopic (exact) mass is 373 g/mol. The SMILES string of the molecule is CC(N)C(Oc1ccc(Cl)c(Cl)c1)c1ccc(Br)cc1. The highest BCUT2D eigenvalue weighted by atomic mass is 79.9. The van der Waals surface area contributed by atoms with Crippen molar-refractivity contribution in [3.63, 3.8) is 0 Å². The molecule has 0 radical (unpaired) electrons. The van der Waals surface area contributed by atoms with Crippen LogP contribution < -0.4 is 10.5 Å². The Bertz CT molecular complexity index is 587. The maximum absolute atomic E-state index is 6.03. The summed E-state index contributed by atoms with van der Waals surface area (Å²) >= 11 is 15.3. The number of hydrogen-bond acceptors (Lipinski definition) is 2. The molecule has 2 unspecified atom stereocenters. The van der Waals surface area contributed by atoms with Gasteiger partial charge in [0, 0.05) is 16.6 Å². The lowest BCUT2D eigenvalue weighted by Gasteiger charge is -2.23. The smallest absolute Gasteiger partial charge is 0.138 e. The van der Waals surface area contributed by atoms with Crippen LogP contribution in [0.3, 0.4) is 0 Å². The van der Waals surface area contributed by atoms with E-state index in [4.69, 9.17) is 33.7 Å². The van der Waals surface area contributed by atoms with Gasteiger partial charge in [0.25, 0.3) is 0 Å². The van der Waals surface area contributed by atoms with E-state index in [1.54, 1.807) is 18.2 Å². The summed E-state index contributed by atoms with van der Waals surface area (Å²) in [6, 6.07) is 12.9. The fraction of sp³-hybridized carbons (Fsp3) is 0.200. The maximum Gasteiger partial charge on any atom is 0.138 e. The molecule has 0 spiro atoms. The van der Waals surface area contributed by atoms with Crippen LogP contribution in [0.25, 0.3) is 0 Å². The van der Waals surface area contributed by atoms with E-state index < -0.39 is 0 Å². The minimum atomic E-state index is -0.250. The lowest BCUT2D eigenvalue weighted by molar-refractivity contribution is 0.180. The average molecular weight is 375 g/mol. The summed E-state index contributed by atoms with van der Waals surface area (Å²) in [6.07, 6.45) is -0.250. The van der Waals surface area contributed by atoms with E-state index in [0.29, 0.717) is 15.8 Å². The molecule has 0 aliphatic carbocycles. The molecule has 2 aromatic rings. The molecule has 106 valence electrons. The zero-order valence-corrected chi connectivity index (χ0v) is 13.9. The van der Waals surface area contributed by atoms with Crippen molar-refractivity contribution in [3.8, 4) is 5.75 Å². The Hall–Kier alpha value is -0.740. The molecule has 0 saturated heterocycles. The second-order valence-corrected chi connectivity index (χ2v) is 6.26. The van der Waals surface area contributed by atoms with Crippen molar-refractivity contribution in [1.82, 2.24) is 0 Å². The van der Waals surface area contributed by atoms with Crippen molar-refractivity contribution in [3.05, 3.63) is 62.5 Å². The first-order chi connectivity index (χ1) is 9.47. The lowest BCUT2D eigenvalue weighted by Crippen LogP contribution is -2.29. The van der Waals surface area contributed by atoms with Crippen LogP contribution in [-0.2, 0) is 0 Å². The first-order valence-corrected chi connectivity index (χ1v) is 7.65. The van der Waals surface area contributed by atoms with Crippen LogP contribution in [0.2, 0.25) is 10.0 Å². The van der Waals surface area contributed by atoms with Crippen molar-refractivity contribution in [1.29, 1.82) is 0 Å². The highest BCUT2D eigenvalue weighted by Crippen LogP contribution is 2.30. The molecule has 2 nitrogen and oxygen atoms in total. The number of ether oxygens (including phenoxy) is 1. The summed E-state index contributed by atoms with van der Waals surface area (Å²) < 4.78 is 6.97. The first-order valence-electron chi connectivity index (χ1n) is 6.10. The molecule has 2 N–H and O–H groups in total. The minimum Gasteiger partial charge on any atom is -0.484 e. The van der Waals surface area contributed by atoms with E-state index >= 15 is 0 Å². The van der Waals surface area contributed by atoms with Crippen molar-refractivity contribution >= 4 is 39.1 Å². The highest BCUT2D eigenvalue weighted by Gasteiger charge is 2.18. The Kier molecular flexibility index (Phi) is 5.33. The van der Waals surface area contributed by atoms with E-state index in [1.807, 2.05) is 31.2 Å². The summed E-state index contributed by atoms with van der Waals surface area (Å²) in [5, 5.41) is 0.961. The van der Waals surface area contributed by atoms with E-state index in [2.05, 4.69) is 15.9 Å². The molecular weight excluding hydrogens is 361 g/mol. The van der Waals surface area contributed by atoms with Gasteiger partial charge in [0.15, 0.2) is 0 Å². The average Bonchev–Trinajstić information content (AvgIpc) is 2.41. The molecule has 5 heteroatoms. The van der Waals surface area contributed by atoms with E-state index in [-0.39, 0.29) is 12.1 Å². The fourth-order valence-corrected chi connectivity index (χ4v) is 2.38. The van der Waals surface area contributed by atoms with Gasteiger partial charge in [-0.2, -0.15) is 0 Å². The Balaban J connectivity index is 2.25. The Labute approximate surface area is 137 Å². The molecule has 0 amide bonds. The lowest BCUT2D eigenvalue weighted by atomic mass is 10.0. The molecule has 0 aliphatic rings. The third kappa shape index (κ3) is 3.89. The minimum absolute atomic E-state index is 0.161. The normalized spacial score (nSPS) is 13.8. The molecule has 0 fully saturated rings. The quantitative estimate of drug-likeness (QED) is 0.795. The van der Waals surface area contributed by atoms with Gasteiger partial charge in [0.05, 0.1) is 10.0 Å². The molecule has 0 saturated carbocycles. The van der Waals surface area contributed by atoms with Crippen LogP contribution in [0.5, 0.6) is 5.75 Å². The zero-order valence-electron chi connectivity index (χ0n) is 10.8. The molecule has 0 aromatic heterocycles. The topological polar surface area (TPSA) is 35.2 Å². The van der Waals surface area contributed by atoms with Gasteiger partial charge in [-0.15, -0.1) is 0 Å². The number of nitrogens with two attached hydrogens (primary N) is 1. The Morgan fingerprint density at radius 3 is 2.25 bits per heavy atom. The number of hydrogen-bond donors (Lipinski definition) is 1. The van der Waals surface area contributed by atoms with Crippen LogP contribution in [0.15, 0.2) is 46.9 Å². The van der Waals surface area contributed by atoms with Gasteiger partial charge in [-0.25, -0.2) is 0 Å². The summed E-state index contributed by atoms with van der Waals surface area (Å²) in [7, 11) is 0.